The Morgan fingerprint density at radius 2 is 2.31 bits per heavy atom. The zero-order valence-corrected chi connectivity index (χ0v) is 9.56. The Kier molecular flexibility index (Phi) is 2.38. The Balaban J connectivity index is 2.33. The van der Waals surface area contributed by atoms with E-state index in [1.54, 1.807) is 17.9 Å². The molecule has 1 saturated heterocycles. The van der Waals surface area contributed by atoms with Crippen molar-refractivity contribution in [1.29, 1.82) is 0 Å². The van der Waals surface area contributed by atoms with Gasteiger partial charge in [0.15, 0.2) is 6.29 Å². The molecule has 1 aliphatic heterocycles. The Morgan fingerprint density at radius 3 is 2.81 bits per heavy atom. The third-order valence-corrected chi connectivity index (χ3v) is 2.58. The Morgan fingerprint density at radius 1 is 1.62 bits per heavy atom. The molecule has 0 aromatic carbocycles. The fraction of sp³-hybridized carbons (Fsp3) is 0.400. The number of aromatic nitrogens is 2. The normalized spacial score (nSPS) is 18.7. The van der Waals surface area contributed by atoms with Gasteiger partial charge in [0.1, 0.15) is 11.3 Å². The zero-order valence-electron chi connectivity index (χ0n) is 9.56. The first kappa shape index (κ1) is 10.9. The van der Waals surface area contributed by atoms with E-state index in [-0.39, 0.29) is 0 Å². The number of aldehydes is 1. The monoisotopic (exact) mass is 220 g/mol. The van der Waals surface area contributed by atoms with Crippen LogP contribution in [0.25, 0.3) is 0 Å². The van der Waals surface area contributed by atoms with Gasteiger partial charge in [0.2, 0.25) is 0 Å². The fourth-order valence-electron chi connectivity index (χ4n) is 1.55. The summed E-state index contributed by atoms with van der Waals surface area (Å²) in [7, 11) is 1.14. The number of hydrogen-bond acceptors (Lipinski definition) is 4. The summed E-state index contributed by atoms with van der Waals surface area (Å²) in [6.45, 7) is 7.52. The van der Waals surface area contributed by atoms with Crippen LogP contribution in [0.4, 0.5) is 0 Å². The van der Waals surface area contributed by atoms with Crippen LogP contribution < -0.4 is 5.46 Å². The van der Waals surface area contributed by atoms with Crippen molar-refractivity contribution in [3.8, 4) is 0 Å². The van der Waals surface area contributed by atoms with E-state index in [1.165, 1.54) is 0 Å². The molecule has 0 radical (unpaired) electrons. The molecule has 0 saturated carbocycles. The first-order valence-corrected chi connectivity index (χ1v) is 4.96. The minimum atomic E-state index is -0.601. The van der Waals surface area contributed by atoms with E-state index in [0.717, 1.165) is 0 Å². The number of nitrogens with zero attached hydrogens (tertiary/aromatic N) is 2. The molecule has 84 valence electrons. The molecule has 1 fully saturated rings. The summed E-state index contributed by atoms with van der Waals surface area (Å²) in [5, 5.41) is 4.01. The van der Waals surface area contributed by atoms with Gasteiger partial charge in [0.25, 0.3) is 0 Å². The summed E-state index contributed by atoms with van der Waals surface area (Å²) in [6, 6.07) is 0. The van der Waals surface area contributed by atoms with Crippen LogP contribution in [0.15, 0.2) is 18.5 Å². The number of carbonyl (C=O) groups is 1. The second kappa shape index (κ2) is 3.48. The highest BCUT2D eigenvalue weighted by atomic mass is 16.7. The molecule has 0 amide bonds. The Bertz CT molecular complexity index is 453. The van der Waals surface area contributed by atoms with E-state index in [1.807, 2.05) is 13.8 Å². The highest BCUT2D eigenvalue weighted by Gasteiger charge is 2.44. The van der Waals surface area contributed by atoms with Gasteiger partial charge < -0.3 is 9.31 Å². The Hall–Kier alpha value is -1.56. The van der Waals surface area contributed by atoms with Crippen molar-refractivity contribution in [2.75, 3.05) is 0 Å². The SMILES string of the molecule is C=C1OB(c2cn(C)nc2C=O)OC1(C)C. The molecule has 0 spiro atoms. The largest absolute Gasteiger partial charge is 0.567 e. The molecule has 1 aliphatic rings. The average Bonchev–Trinajstić information content (AvgIpc) is 2.68. The molecule has 6 heteroatoms. The van der Waals surface area contributed by atoms with Crippen molar-refractivity contribution >= 4 is 18.9 Å². The van der Waals surface area contributed by atoms with E-state index in [2.05, 4.69) is 11.7 Å². The lowest BCUT2D eigenvalue weighted by Crippen LogP contribution is -2.35. The molecule has 5 nitrogen and oxygen atoms in total. The maximum Gasteiger partial charge on any atom is 0.567 e. The first-order valence-electron chi connectivity index (χ1n) is 4.96. The molecule has 2 rings (SSSR count). The number of hydrogen-bond donors (Lipinski definition) is 0. The molecule has 0 N–H and O–H groups in total. The lowest BCUT2D eigenvalue weighted by Gasteiger charge is -2.15. The van der Waals surface area contributed by atoms with E-state index >= 15 is 0 Å². The van der Waals surface area contributed by atoms with Gasteiger partial charge in [-0.15, -0.1) is 0 Å². The van der Waals surface area contributed by atoms with E-state index in [4.69, 9.17) is 9.31 Å². The van der Waals surface area contributed by atoms with E-state index in [0.29, 0.717) is 23.2 Å². The van der Waals surface area contributed by atoms with Gasteiger partial charge in [-0.2, -0.15) is 5.10 Å². The Labute approximate surface area is 94.2 Å². The van der Waals surface area contributed by atoms with Crippen molar-refractivity contribution in [3.05, 3.63) is 24.2 Å². The summed E-state index contributed by atoms with van der Waals surface area (Å²) in [4.78, 5) is 10.8. The van der Waals surface area contributed by atoms with E-state index in [9.17, 15) is 4.79 Å². The van der Waals surface area contributed by atoms with E-state index < -0.39 is 12.7 Å². The smallest absolute Gasteiger partial charge is 0.534 e. The van der Waals surface area contributed by atoms with Crippen LogP contribution in [-0.2, 0) is 16.4 Å². The van der Waals surface area contributed by atoms with Crippen LogP contribution in [0.2, 0.25) is 0 Å². The van der Waals surface area contributed by atoms with Crippen LogP contribution in [0.3, 0.4) is 0 Å². The average molecular weight is 220 g/mol. The van der Waals surface area contributed by atoms with Crippen molar-refractivity contribution in [2.24, 2.45) is 7.05 Å². The second-order valence-electron chi connectivity index (χ2n) is 4.26. The van der Waals surface area contributed by atoms with Crippen LogP contribution >= 0.6 is 0 Å². The van der Waals surface area contributed by atoms with Crippen molar-refractivity contribution in [1.82, 2.24) is 9.78 Å². The minimum absolute atomic E-state index is 0.331. The zero-order chi connectivity index (χ0) is 11.9. The summed E-state index contributed by atoms with van der Waals surface area (Å²) in [5.74, 6) is 0.554. The number of rotatable bonds is 2. The number of aryl methyl sites for hydroxylation is 1. The molecular formula is C10H13BN2O3. The van der Waals surface area contributed by atoms with Gasteiger partial charge >= 0.3 is 7.12 Å². The van der Waals surface area contributed by atoms with Crippen molar-refractivity contribution < 1.29 is 14.1 Å². The molecule has 0 unspecified atom stereocenters. The minimum Gasteiger partial charge on any atom is -0.534 e. The molecule has 0 aliphatic carbocycles. The number of carbonyl (C=O) groups excluding carboxylic acids is 1. The van der Waals surface area contributed by atoms with Gasteiger partial charge in [0.05, 0.1) is 5.76 Å². The molecule has 2 heterocycles. The summed E-state index contributed by atoms with van der Waals surface area (Å²) < 4.78 is 12.7. The molecular weight excluding hydrogens is 207 g/mol. The lowest BCUT2D eigenvalue weighted by molar-refractivity contribution is 0.111. The topological polar surface area (TPSA) is 53.4 Å². The van der Waals surface area contributed by atoms with Gasteiger partial charge in [-0.3, -0.25) is 9.48 Å². The summed E-state index contributed by atoms with van der Waals surface area (Å²) in [5.41, 5.74) is 0.419. The molecule has 0 atom stereocenters. The van der Waals surface area contributed by atoms with Gasteiger partial charge in [0, 0.05) is 18.7 Å². The predicted octanol–water partition coefficient (Wildman–Crippen LogP) is 0.267. The van der Waals surface area contributed by atoms with Crippen LogP contribution in [0.1, 0.15) is 24.3 Å². The van der Waals surface area contributed by atoms with Crippen molar-refractivity contribution in [2.45, 2.75) is 19.4 Å². The molecule has 0 bridgehead atoms. The second-order valence-corrected chi connectivity index (χ2v) is 4.26. The quantitative estimate of drug-likeness (QED) is 0.530. The standard InChI is InChI=1S/C10H13BN2O3/c1-7-10(2,3)16-11(15-7)8-5-13(4)12-9(8)6-14/h5-6H,1H2,2-4H3. The van der Waals surface area contributed by atoms with Gasteiger partial charge in [-0.05, 0) is 13.8 Å². The third-order valence-electron chi connectivity index (χ3n) is 2.58. The van der Waals surface area contributed by atoms with Gasteiger partial charge in [-0.25, -0.2) is 0 Å². The predicted molar refractivity (Wildman–Crippen MR) is 59.4 cm³/mol. The summed E-state index contributed by atoms with van der Waals surface area (Å²) >= 11 is 0. The highest BCUT2D eigenvalue weighted by Crippen LogP contribution is 2.29. The van der Waals surface area contributed by atoms with Crippen LogP contribution in [0.5, 0.6) is 0 Å². The fourth-order valence-corrected chi connectivity index (χ4v) is 1.55. The molecule has 1 aromatic heterocycles. The van der Waals surface area contributed by atoms with Crippen LogP contribution in [-0.4, -0.2) is 28.8 Å². The highest BCUT2D eigenvalue weighted by molar-refractivity contribution is 6.63. The molecule has 16 heavy (non-hydrogen) atoms. The maximum atomic E-state index is 10.8. The molecule has 1 aromatic rings. The first-order chi connectivity index (χ1) is 7.44. The maximum absolute atomic E-state index is 10.8. The van der Waals surface area contributed by atoms with Crippen molar-refractivity contribution in [3.63, 3.8) is 0 Å². The third kappa shape index (κ3) is 1.65. The lowest BCUT2D eigenvalue weighted by atomic mass is 9.79. The summed E-state index contributed by atoms with van der Waals surface area (Å²) in [6.07, 6.45) is 2.40. The van der Waals surface area contributed by atoms with Gasteiger partial charge in [-0.1, -0.05) is 6.58 Å². The van der Waals surface area contributed by atoms with Crippen LogP contribution in [0, 0.1) is 0 Å².